The van der Waals surface area contributed by atoms with Gasteiger partial charge < -0.3 is 9.13 Å². The van der Waals surface area contributed by atoms with Crippen molar-refractivity contribution in [3.63, 3.8) is 0 Å². The Labute approximate surface area is 329 Å². The Balaban J connectivity index is 1.08. The van der Waals surface area contributed by atoms with Crippen LogP contribution in [0.25, 0.3) is 100 Å². The lowest BCUT2D eigenvalue weighted by molar-refractivity contribution is 1.07. The maximum Gasteiger partial charge on any atom is 0.164 e. The normalized spacial score (nSPS) is 11.6. The SMILES string of the molecule is Cc1ccc(-n2c3ccccc3c3ccc(-c4ccc5c6ccccc6n(-c6cccc(-c7nc(-c8ccccc8)nc(-c8ccccc8)n7)c6)c5c4)cc32)cc1. The van der Waals surface area contributed by atoms with Crippen molar-refractivity contribution in [2.75, 3.05) is 0 Å². The van der Waals surface area contributed by atoms with E-state index in [1.807, 2.05) is 60.7 Å². The highest BCUT2D eigenvalue weighted by atomic mass is 15.0. The zero-order chi connectivity index (χ0) is 37.9. The van der Waals surface area contributed by atoms with E-state index in [1.54, 1.807) is 0 Å². The fourth-order valence-corrected chi connectivity index (χ4v) is 8.27. The van der Waals surface area contributed by atoms with E-state index < -0.39 is 0 Å². The van der Waals surface area contributed by atoms with Gasteiger partial charge in [0.25, 0.3) is 0 Å². The van der Waals surface area contributed by atoms with Gasteiger partial charge in [-0.3, -0.25) is 0 Å². The molecule has 0 aliphatic rings. The Kier molecular flexibility index (Phi) is 7.64. The molecule has 0 radical (unpaired) electrons. The first kappa shape index (κ1) is 32.8. The fourth-order valence-electron chi connectivity index (χ4n) is 8.27. The molecule has 0 bridgehead atoms. The van der Waals surface area contributed by atoms with E-state index in [0.717, 1.165) is 50.2 Å². The van der Waals surface area contributed by atoms with Gasteiger partial charge >= 0.3 is 0 Å². The van der Waals surface area contributed by atoms with Crippen LogP contribution in [-0.2, 0) is 0 Å². The lowest BCUT2D eigenvalue weighted by atomic mass is 10.0. The molecule has 0 unspecified atom stereocenters. The molecule has 268 valence electrons. The summed E-state index contributed by atoms with van der Waals surface area (Å²) in [6.07, 6.45) is 0. The van der Waals surface area contributed by atoms with E-state index in [4.69, 9.17) is 15.0 Å². The first-order valence-corrected chi connectivity index (χ1v) is 19.3. The van der Waals surface area contributed by atoms with Crippen LogP contribution in [0.1, 0.15) is 5.56 Å². The van der Waals surface area contributed by atoms with Crippen molar-refractivity contribution in [2.45, 2.75) is 6.92 Å². The Hall–Kier alpha value is -7.63. The van der Waals surface area contributed by atoms with Crippen LogP contribution in [0.15, 0.2) is 194 Å². The minimum absolute atomic E-state index is 0.628. The number of nitrogens with zero attached hydrogens (tertiary/aromatic N) is 5. The molecule has 3 heterocycles. The van der Waals surface area contributed by atoms with Gasteiger partial charge in [0.15, 0.2) is 17.5 Å². The largest absolute Gasteiger partial charge is 0.309 e. The van der Waals surface area contributed by atoms with E-state index in [9.17, 15) is 0 Å². The molecular formula is C52H35N5. The first-order chi connectivity index (χ1) is 28.2. The third kappa shape index (κ3) is 5.59. The van der Waals surface area contributed by atoms with Gasteiger partial charge in [-0.2, -0.15) is 0 Å². The zero-order valence-corrected chi connectivity index (χ0v) is 31.2. The quantitative estimate of drug-likeness (QED) is 0.171. The fraction of sp³-hybridized carbons (Fsp3) is 0.0192. The molecule has 3 aromatic heterocycles. The highest BCUT2D eigenvalue weighted by Crippen LogP contribution is 2.38. The van der Waals surface area contributed by atoms with Crippen molar-refractivity contribution in [1.82, 2.24) is 24.1 Å². The molecule has 5 nitrogen and oxygen atoms in total. The molecule has 0 aliphatic heterocycles. The summed E-state index contributed by atoms with van der Waals surface area (Å²) in [5.41, 5.74) is 13.2. The van der Waals surface area contributed by atoms with Crippen molar-refractivity contribution in [2.24, 2.45) is 0 Å². The van der Waals surface area contributed by atoms with Crippen LogP contribution in [0.5, 0.6) is 0 Å². The van der Waals surface area contributed by atoms with Crippen LogP contribution < -0.4 is 0 Å². The average molecular weight is 730 g/mol. The Bertz CT molecular complexity index is 3230. The van der Waals surface area contributed by atoms with Crippen LogP contribution in [0.3, 0.4) is 0 Å². The number of hydrogen-bond acceptors (Lipinski definition) is 3. The summed E-state index contributed by atoms with van der Waals surface area (Å²) < 4.78 is 4.76. The second kappa shape index (κ2) is 13.3. The molecule has 5 heteroatoms. The van der Waals surface area contributed by atoms with Crippen LogP contribution in [0, 0.1) is 6.92 Å². The van der Waals surface area contributed by atoms with Crippen molar-refractivity contribution in [3.05, 3.63) is 200 Å². The maximum atomic E-state index is 5.04. The molecule has 57 heavy (non-hydrogen) atoms. The third-order valence-corrected chi connectivity index (χ3v) is 11.0. The van der Waals surface area contributed by atoms with Gasteiger partial charge in [0, 0.05) is 49.6 Å². The van der Waals surface area contributed by atoms with E-state index in [0.29, 0.717) is 17.5 Å². The van der Waals surface area contributed by atoms with Crippen molar-refractivity contribution in [3.8, 4) is 56.7 Å². The van der Waals surface area contributed by atoms with Crippen LogP contribution in [-0.4, -0.2) is 24.1 Å². The highest BCUT2D eigenvalue weighted by Gasteiger charge is 2.18. The summed E-state index contributed by atoms with van der Waals surface area (Å²) in [4.78, 5) is 15.0. The molecule has 11 rings (SSSR count). The maximum absolute atomic E-state index is 5.04. The molecule has 0 amide bonds. The molecule has 8 aromatic carbocycles. The van der Waals surface area contributed by atoms with Crippen LogP contribution in [0.2, 0.25) is 0 Å². The third-order valence-electron chi connectivity index (χ3n) is 11.0. The summed E-state index contributed by atoms with van der Waals surface area (Å²) in [6.45, 7) is 2.13. The molecule has 0 fully saturated rings. The highest BCUT2D eigenvalue weighted by molar-refractivity contribution is 6.12. The second-order valence-corrected chi connectivity index (χ2v) is 14.6. The number of fused-ring (bicyclic) bond motifs is 6. The molecule has 0 aliphatic carbocycles. The van der Waals surface area contributed by atoms with E-state index >= 15 is 0 Å². The Morgan fingerprint density at radius 3 is 1.28 bits per heavy atom. The Morgan fingerprint density at radius 2 is 0.737 bits per heavy atom. The molecule has 0 atom stereocenters. The van der Waals surface area contributed by atoms with E-state index in [1.165, 1.54) is 38.1 Å². The monoisotopic (exact) mass is 729 g/mol. The zero-order valence-electron chi connectivity index (χ0n) is 31.2. The average Bonchev–Trinajstić information content (AvgIpc) is 3.79. The number of aromatic nitrogens is 5. The molecular weight excluding hydrogens is 695 g/mol. The number of benzene rings is 8. The van der Waals surface area contributed by atoms with Crippen molar-refractivity contribution in [1.29, 1.82) is 0 Å². The smallest absolute Gasteiger partial charge is 0.164 e. The second-order valence-electron chi connectivity index (χ2n) is 14.6. The van der Waals surface area contributed by atoms with Gasteiger partial charge in [-0.1, -0.05) is 151 Å². The summed E-state index contributed by atoms with van der Waals surface area (Å²) in [5.74, 6) is 1.91. The number of hydrogen-bond donors (Lipinski definition) is 0. The van der Waals surface area contributed by atoms with E-state index in [2.05, 4.69) is 150 Å². The predicted molar refractivity (Wildman–Crippen MR) is 235 cm³/mol. The van der Waals surface area contributed by atoms with Crippen molar-refractivity contribution < 1.29 is 0 Å². The lowest BCUT2D eigenvalue weighted by Crippen LogP contribution is -2.01. The van der Waals surface area contributed by atoms with Crippen molar-refractivity contribution >= 4 is 43.6 Å². The minimum Gasteiger partial charge on any atom is -0.309 e. The standard InChI is InChI=1S/C52H35N5/c1-34-23-27-40(28-24-34)56-46-21-10-8-19-42(46)44-29-25-37(32-48(44)56)38-26-30-45-43-20-9-11-22-47(43)57(49(45)33-38)41-18-12-17-39(31-41)52-54-50(35-13-4-2-5-14-35)53-51(55-52)36-15-6-3-7-16-36/h2-33H,1H3. The summed E-state index contributed by atoms with van der Waals surface area (Å²) in [6, 6.07) is 68.7. The first-order valence-electron chi connectivity index (χ1n) is 19.3. The number of para-hydroxylation sites is 2. The van der Waals surface area contributed by atoms with Crippen LogP contribution in [0.4, 0.5) is 0 Å². The number of rotatable bonds is 6. The number of aryl methyl sites for hydroxylation is 1. The van der Waals surface area contributed by atoms with Gasteiger partial charge in [0.2, 0.25) is 0 Å². The molecule has 0 saturated carbocycles. The summed E-state index contributed by atoms with van der Waals surface area (Å²) in [7, 11) is 0. The lowest BCUT2D eigenvalue weighted by Gasteiger charge is -2.12. The van der Waals surface area contributed by atoms with Gasteiger partial charge in [0.05, 0.1) is 22.1 Å². The summed E-state index contributed by atoms with van der Waals surface area (Å²) >= 11 is 0. The van der Waals surface area contributed by atoms with Gasteiger partial charge in [-0.15, -0.1) is 0 Å². The predicted octanol–water partition coefficient (Wildman–Crippen LogP) is 13.0. The van der Waals surface area contributed by atoms with Gasteiger partial charge in [-0.05, 0) is 66.6 Å². The molecule has 0 saturated heterocycles. The molecule has 0 spiro atoms. The van der Waals surface area contributed by atoms with Gasteiger partial charge in [0.1, 0.15) is 0 Å². The molecule has 11 aromatic rings. The summed E-state index contributed by atoms with van der Waals surface area (Å²) in [5, 5.41) is 4.90. The Morgan fingerprint density at radius 1 is 0.298 bits per heavy atom. The topological polar surface area (TPSA) is 48.5 Å². The minimum atomic E-state index is 0.628. The van der Waals surface area contributed by atoms with E-state index in [-0.39, 0.29) is 0 Å². The molecule has 0 N–H and O–H groups in total. The van der Waals surface area contributed by atoms with Gasteiger partial charge in [-0.25, -0.2) is 15.0 Å². The van der Waals surface area contributed by atoms with Crippen LogP contribution >= 0.6 is 0 Å².